The van der Waals surface area contributed by atoms with Crippen molar-refractivity contribution in [2.75, 3.05) is 13.2 Å². The number of esters is 1. The van der Waals surface area contributed by atoms with Crippen molar-refractivity contribution in [3.63, 3.8) is 0 Å². The number of aromatic carboxylic acids is 1. The molecule has 10 nitrogen and oxygen atoms in total. The van der Waals surface area contributed by atoms with Crippen LogP contribution in [0.25, 0.3) is 0 Å². The first-order chi connectivity index (χ1) is 13.4. The van der Waals surface area contributed by atoms with E-state index in [2.05, 4.69) is 10.2 Å². The number of carbonyl (C=O) groups is 3. The van der Waals surface area contributed by atoms with Gasteiger partial charge in [0.05, 0.1) is 18.9 Å². The van der Waals surface area contributed by atoms with Gasteiger partial charge in [0, 0.05) is 37.9 Å². The van der Waals surface area contributed by atoms with E-state index in [1.807, 2.05) is 0 Å². The molecule has 0 radical (unpaired) electrons. The summed E-state index contributed by atoms with van der Waals surface area (Å²) < 4.78 is 15.9. The lowest BCUT2D eigenvalue weighted by Crippen LogP contribution is -2.40. The molecule has 152 valence electrons. The number of ether oxygens (including phenoxy) is 3. The average molecular weight is 394 g/mol. The Labute approximate surface area is 161 Å². The number of hydrogen-bond acceptors (Lipinski definition) is 9. The van der Waals surface area contributed by atoms with Gasteiger partial charge in [0.25, 0.3) is 0 Å². The fourth-order valence-electron chi connectivity index (χ4n) is 2.81. The maximum absolute atomic E-state index is 11.9. The van der Waals surface area contributed by atoms with Gasteiger partial charge < -0.3 is 24.1 Å². The first-order valence-electron chi connectivity index (χ1n) is 8.85. The molecule has 0 bridgehead atoms. The molecule has 1 fully saturated rings. The molecule has 2 heterocycles. The van der Waals surface area contributed by atoms with Gasteiger partial charge in [-0.25, -0.2) is 4.79 Å². The van der Waals surface area contributed by atoms with Gasteiger partial charge in [-0.1, -0.05) is 0 Å². The van der Waals surface area contributed by atoms with Crippen molar-refractivity contribution in [2.45, 2.75) is 51.4 Å². The fraction of sp³-hybridized carbons (Fsp3) is 0.556. The summed E-state index contributed by atoms with van der Waals surface area (Å²) in [5, 5.41) is 12.7. The Morgan fingerprint density at radius 3 is 2.68 bits per heavy atom. The van der Waals surface area contributed by atoms with Gasteiger partial charge in [-0.2, -0.15) is 0 Å². The summed E-state index contributed by atoms with van der Waals surface area (Å²) in [6.07, 6.45) is 2.33. The van der Waals surface area contributed by atoms with E-state index in [1.165, 1.54) is 13.0 Å². The number of nitrogens with zero attached hydrogens (tertiary/aromatic N) is 2. The smallest absolute Gasteiger partial charge is 0.341 e. The number of nitroso groups, excluding NO2 is 1. The van der Waals surface area contributed by atoms with E-state index < -0.39 is 17.7 Å². The van der Waals surface area contributed by atoms with Crippen LogP contribution in [-0.2, 0) is 32.1 Å². The number of aryl methyl sites for hydroxylation is 1. The lowest BCUT2D eigenvalue weighted by atomic mass is 10.0. The van der Waals surface area contributed by atoms with E-state index in [4.69, 9.17) is 14.2 Å². The zero-order valence-corrected chi connectivity index (χ0v) is 15.5. The van der Waals surface area contributed by atoms with Crippen LogP contribution < -0.4 is 4.74 Å². The Hall–Kier alpha value is -2.88. The predicted molar refractivity (Wildman–Crippen MR) is 94.9 cm³/mol. The highest BCUT2D eigenvalue weighted by Gasteiger charge is 2.38. The molecular formula is C18H22N2O8. The molecule has 0 spiro atoms. The third-order valence-electron chi connectivity index (χ3n) is 4.23. The molecule has 0 atom stereocenters. The molecule has 1 aliphatic rings. The summed E-state index contributed by atoms with van der Waals surface area (Å²) in [6.45, 7) is 1.34. The minimum atomic E-state index is -1.44. The van der Waals surface area contributed by atoms with E-state index in [9.17, 15) is 24.4 Å². The molecule has 1 aromatic heterocycles. The number of carbonyl (C=O) groups excluding carboxylic acids is 2. The molecule has 0 amide bonds. The van der Waals surface area contributed by atoms with Crippen molar-refractivity contribution in [3.05, 3.63) is 27.9 Å². The Morgan fingerprint density at radius 2 is 2.11 bits per heavy atom. The third kappa shape index (κ3) is 5.56. The second kappa shape index (κ2) is 9.88. The monoisotopic (exact) mass is 394 g/mol. The summed E-state index contributed by atoms with van der Waals surface area (Å²) >= 11 is 0. The van der Waals surface area contributed by atoms with Crippen LogP contribution in [0, 0.1) is 4.91 Å². The van der Waals surface area contributed by atoms with Crippen molar-refractivity contribution in [3.8, 4) is 5.75 Å². The second-order valence-corrected chi connectivity index (χ2v) is 6.33. The number of pyridine rings is 1. The largest absolute Gasteiger partial charge is 0.477 e. The van der Waals surface area contributed by atoms with Crippen LogP contribution in [0.2, 0.25) is 0 Å². The average Bonchev–Trinajstić information content (AvgIpc) is 2.66. The number of rotatable bonds is 10. The van der Waals surface area contributed by atoms with E-state index in [-0.39, 0.29) is 49.7 Å². The van der Waals surface area contributed by atoms with Crippen molar-refractivity contribution in [1.82, 2.24) is 4.98 Å². The summed E-state index contributed by atoms with van der Waals surface area (Å²) in [5.41, 5.74) is -1.29. The SMILES string of the molecule is CC(=O)OCc1nc(CCCC=O)cc(OC2(N=O)CCOCC2)c1C(=O)O. The molecular weight excluding hydrogens is 372 g/mol. The Morgan fingerprint density at radius 1 is 1.39 bits per heavy atom. The standard InChI is InChI=1S/C18H22N2O8/c1-12(22)27-11-14-16(17(23)24)15(10-13(19-14)4-2-3-7-21)28-18(20-25)5-8-26-9-6-18/h7,10H,2-6,8-9,11H2,1H3,(H,23,24). The number of aldehydes is 1. The van der Waals surface area contributed by atoms with Crippen LogP contribution >= 0.6 is 0 Å². The maximum atomic E-state index is 11.9. The molecule has 1 N–H and O–H groups in total. The van der Waals surface area contributed by atoms with E-state index in [1.54, 1.807) is 0 Å². The van der Waals surface area contributed by atoms with Gasteiger partial charge in [-0.15, -0.1) is 4.91 Å². The molecule has 0 saturated carbocycles. The minimum absolute atomic E-state index is 0.00517. The van der Waals surface area contributed by atoms with Crippen molar-refractivity contribution in [2.24, 2.45) is 5.18 Å². The van der Waals surface area contributed by atoms with E-state index >= 15 is 0 Å². The van der Waals surface area contributed by atoms with Gasteiger partial charge in [0.2, 0.25) is 5.72 Å². The van der Waals surface area contributed by atoms with Gasteiger partial charge in [0.1, 0.15) is 24.2 Å². The topological polar surface area (TPSA) is 141 Å². The fourth-order valence-corrected chi connectivity index (χ4v) is 2.81. The highest BCUT2D eigenvalue weighted by atomic mass is 16.5. The van der Waals surface area contributed by atoms with Crippen LogP contribution in [0.4, 0.5) is 0 Å². The van der Waals surface area contributed by atoms with Crippen LogP contribution in [0.15, 0.2) is 11.2 Å². The van der Waals surface area contributed by atoms with Gasteiger partial charge in [-0.3, -0.25) is 9.78 Å². The minimum Gasteiger partial charge on any atom is -0.477 e. The van der Waals surface area contributed by atoms with E-state index in [0.29, 0.717) is 25.0 Å². The van der Waals surface area contributed by atoms with Crippen molar-refractivity contribution < 1.29 is 33.7 Å². The van der Waals surface area contributed by atoms with Gasteiger partial charge >= 0.3 is 11.9 Å². The van der Waals surface area contributed by atoms with Gasteiger partial charge in [0.15, 0.2) is 0 Å². The number of aromatic nitrogens is 1. The Bertz CT molecular complexity index is 743. The Kier molecular flexibility index (Phi) is 7.56. The molecule has 28 heavy (non-hydrogen) atoms. The normalized spacial score (nSPS) is 15.5. The van der Waals surface area contributed by atoms with Gasteiger partial charge in [-0.05, 0) is 18.0 Å². The van der Waals surface area contributed by atoms with Crippen molar-refractivity contribution in [1.29, 1.82) is 0 Å². The predicted octanol–water partition coefficient (Wildman–Crippen LogP) is 2.02. The molecule has 1 aliphatic heterocycles. The van der Waals surface area contributed by atoms with Crippen LogP contribution in [0.1, 0.15) is 54.4 Å². The maximum Gasteiger partial charge on any atom is 0.341 e. The molecule has 2 rings (SSSR count). The number of hydrogen-bond donors (Lipinski definition) is 1. The van der Waals surface area contributed by atoms with E-state index in [0.717, 1.165) is 6.29 Å². The first-order valence-corrected chi connectivity index (χ1v) is 8.85. The Balaban J connectivity index is 2.45. The van der Waals surface area contributed by atoms with Crippen LogP contribution in [-0.4, -0.2) is 47.3 Å². The summed E-state index contributed by atoms with van der Waals surface area (Å²) in [4.78, 5) is 49.3. The summed E-state index contributed by atoms with van der Waals surface area (Å²) in [7, 11) is 0. The zero-order valence-electron chi connectivity index (χ0n) is 15.5. The first kappa shape index (κ1) is 21.4. The lowest BCUT2D eigenvalue weighted by Gasteiger charge is -2.31. The molecule has 0 aliphatic carbocycles. The number of unbranched alkanes of at least 4 members (excludes halogenated alkanes) is 1. The highest BCUT2D eigenvalue weighted by Crippen LogP contribution is 2.33. The molecule has 1 saturated heterocycles. The zero-order chi connectivity index (χ0) is 20.6. The van der Waals surface area contributed by atoms with Crippen molar-refractivity contribution >= 4 is 18.2 Å². The summed E-state index contributed by atoms with van der Waals surface area (Å²) in [5.74, 6) is -2.01. The molecule has 1 aromatic rings. The molecule has 10 heteroatoms. The third-order valence-corrected chi connectivity index (χ3v) is 4.23. The summed E-state index contributed by atoms with van der Waals surface area (Å²) in [6, 6.07) is 1.42. The quantitative estimate of drug-likeness (QED) is 0.273. The number of carboxylic acid groups (broad SMARTS) is 1. The van der Waals surface area contributed by atoms with Crippen LogP contribution in [0.5, 0.6) is 5.75 Å². The molecule has 0 aromatic carbocycles. The lowest BCUT2D eigenvalue weighted by molar-refractivity contribution is -0.142. The highest BCUT2D eigenvalue weighted by molar-refractivity contribution is 5.92. The molecule has 0 unspecified atom stereocenters. The number of carboxylic acids is 1. The second-order valence-electron chi connectivity index (χ2n) is 6.33. The van der Waals surface area contributed by atoms with Crippen LogP contribution in [0.3, 0.4) is 0 Å².